The molecule has 0 saturated carbocycles. The SMILES string of the molecule is CCCCC=CCCCCCCCC(=O)O.CN1C2CCC1CC(OC(=O)C(CO)c1ccccc1)C2. The van der Waals surface area contributed by atoms with Crippen LogP contribution in [0.15, 0.2) is 42.5 Å². The van der Waals surface area contributed by atoms with E-state index in [1.807, 2.05) is 30.3 Å². The summed E-state index contributed by atoms with van der Waals surface area (Å²) in [5.74, 6) is -1.53. The number of hydrogen-bond donors (Lipinski definition) is 2. The van der Waals surface area contributed by atoms with Gasteiger partial charge in [-0.05, 0) is 64.0 Å². The van der Waals surface area contributed by atoms with Gasteiger partial charge in [0, 0.05) is 18.5 Å². The average molecular weight is 516 g/mol. The Morgan fingerprint density at radius 2 is 1.57 bits per heavy atom. The van der Waals surface area contributed by atoms with E-state index in [1.54, 1.807) is 0 Å². The zero-order valence-electron chi connectivity index (χ0n) is 23.0. The molecule has 6 heteroatoms. The first-order chi connectivity index (χ1) is 18.0. The molecule has 0 spiro atoms. The number of benzene rings is 1. The second-order valence-corrected chi connectivity index (χ2v) is 10.5. The second-order valence-electron chi connectivity index (χ2n) is 10.5. The van der Waals surface area contributed by atoms with Gasteiger partial charge in [-0.3, -0.25) is 9.59 Å². The van der Waals surface area contributed by atoms with Gasteiger partial charge in [-0.15, -0.1) is 0 Å². The zero-order chi connectivity index (χ0) is 26.9. The number of fused-ring (bicyclic) bond motifs is 2. The van der Waals surface area contributed by atoms with Crippen molar-refractivity contribution >= 4 is 11.9 Å². The molecule has 2 fully saturated rings. The highest BCUT2D eigenvalue weighted by Gasteiger charge is 2.40. The molecule has 0 amide bonds. The van der Waals surface area contributed by atoms with Crippen molar-refractivity contribution in [3.05, 3.63) is 48.0 Å². The number of esters is 1. The smallest absolute Gasteiger partial charge is 0.316 e. The molecule has 2 heterocycles. The van der Waals surface area contributed by atoms with Gasteiger partial charge in [0.2, 0.25) is 0 Å². The molecule has 1 aromatic rings. The Morgan fingerprint density at radius 3 is 2.16 bits per heavy atom. The summed E-state index contributed by atoms with van der Waals surface area (Å²) >= 11 is 0. The Kier molecular flexibility index (Phi) is 15.2. The van der Waals surface area contributed by atoms with E-state index in [1.165, 1.54) is 57.8 Å². The van der Waals surface area contributed by atoms with Gasteiger partial charge in [0.1, 0.15) is 12.0 Å². The highest BCUT2D eigenvalue weighted by molar-refractivity contribution is 5.78. The van der Waals surface area contributed by atoms with Crippen LogP contribution < -0.4 is 0 Å². The van der Waals surface area contributed by atoms with Crippen molar-refractivity contribution in [1.82, 2.24) is 4.90 Å². The molecule has 0 radical (unpaired) electrons. The van der Waals surface area contributed by atoms with Crippen molar-refractivity contribution < 1.29 is 24.5 Å². The molecule has 208 valence electrons. The number of unbranched alkanes of at least 4 members (excludes halogenated alkanes) is 7. The lowest BCUT2D eigenvalue weighted by Crippen LogP contribution is -2.43. The van der Waals surface area contributed by atoms with Gasteiger partial charge in [-0.25, -0.2) is 0 Å². The predicted octanol–water partition coefficient (Wildman–Crippen LogP) is 6.48. The van der Waals surface area contributed by atoms with Crippen LogP contribution in [0.3, 0.4) is 0 Å². The van der Waals surface area contributed by atoms with Crippen LogP contribution in [0.5, 0.6) is 0 Å². The molecule has 6 nitrogen and oxygen atoms in total. The van der Waals surface area contributed by atoms with Crippen LogP contribution in [0.2, 0.25) is 0 Å². The maximum atomic E-state index is 12.4. The fraction of sp³-hybridized carbons (Fsp3) is 0.677. The average Bonchev–Trinajstić information content (AvgIpc) is 3.09. The minimum absolute atomic E-state index is 0.00367. The van der Waals surface area contributed by atoms with Crippen LogP contribution >= 0.6 is 0 Å². The van der Waals surface area contributed by atoms with Crippen LogP contribution in [-0.2, 0) is 14.3 Å². The van der Waals surface area contributed by atoms with E-state index in [0.29, 0.717) is 18.5 Å². The summed E-state index contributed by atoms with van der Waals surface area (Å²) < 4.78 is 5.70. The van der Waals surface area contributed by atoms with Crippen molar-refractivity contribution in [2.75, 3.05) is 13.7 Å². The summed E-state index contributed by atoms with van der Waals surface area (Å²) in [7, 11) is 2.17. The highest BCUT2D eigenvalue weighted by Crippen LogP contribution is 2.36. The molecule has 2 aliphatic rings. The normalized spacial score (nSPS) is 21.9. The lowest BCUT2D eigenvalue weighted by molar-refractivity contribution is -0.155. The third-order valence-corrected chi connectivity index (χ3v) is 7.66. The molecular weight excluding hydrogens is 466 g/mol. The van der Waals surface area contributed by atoms with E-state index in [2.05, 4.69) is 31.0 Å². The fourth-order valence-electron chi connectivity index (χ4n) is 5.33. The van der Waals surface area contributed by atoms with Crippen molar-refractivity contribution in [2.45, 2.75) is 121 Å². The first-order valence-electron chi connectivity index (χ1n) is 14.4. The lowest BCUT2D eigenvalue weighted by atomic mass is 9.98. The van der Waals surface area contributed by atoms with E-state index in [4.69, 9.17) is 9.84 Å². The number of nitrogens with zero attached hydrogens (tertiary/aromatic N) is 1. The van der Waals surface area contributed by atoms with Gasteiger partial charge in [-0.2, -0.15) is 0 Å². The monoisotopic (exact) mass is 515 g/mol. The molecule has 1 aromatic carbocycles. The summed E-state index contributed by atoms with van der Waals surface area (Å²) in [4.78, 5) is 25.0. The van der Waals surface area contributed by atoms with Gasteiger partial charge in [0.15, 0.2) is 0 Å². The zero-order valence-corrected chi connectivity index (χ0v) is 23.0. The number of hydrogen-bond acceptors (Lipinski definition) is 5. The summed E-state index contributed by atoms with van der Waals surface area (Å²) in [5.41, 5.74) is 0.820. The molecule has 3 unspecified atom stereocenters. The molecule has 3 rings (SSSR count). The summed E-state index contributed by atoms with van der Waals surface area (Å²) in [6.45, 7) is 2.01. The molecule has 2 bridgehead atoms. The largest absolute Gasteiger partial charge is 0.481 e. The first-order valence-corrected chi connectivity index (χ1v) is 14.4. The maximum Gasteiger partial charge on any atom is 0.316 e. The van der Waals surface area contributed by atoms with Crippen molar-refractivity contribution in [3.63, 3.8) is 0 Å². The Morgan fingerprint density at radius 1 is 0.973 bits per heavy atom. The number of rotatable bonds is 15. The number of carboxylic acid groups (broad SMARTS) is 1. The highest BCUT2D eigenvalue weighted by atomic mass is 16.5. The van der Waals surface area contributed by atoms with Crippen LogP contribution in [0.1, 0.15) is 108 Å². The molecule has 3 atom stereocenters. The van der Waals surface area contributed by atoms with Crippen LogP contribution in [0, 0.1) is 0 Å². The molecule has 37 heavy (non-hydrogen) atoms. The van der Waals surface area contributed by atoms with Crippen LogP contribution in [0.4, 0.5) is 0 Å². The van der Waals surface area contributed by atoms with Crippen molar-refractivity contribution in [1.29, 1.82) is 0 Å². The molecular formula is C31H49NO5. The number of carbonyl (C=O) groups excluding carboxylic acids is 1. The van der Waals surface area contributed by atoms with Crippen molar-refractivity contribution in [3.8, 4) is 0 Å². The van der Waals surface area contributed by atoms with Crippen LogP contribution in [-0.4, -0.2) is 58.9 Å². The summed E-state index contributed by atoms with van der Waals surface area (Å²) in [6.07, 6.45) is 19.7. The Balaban J connectivity index is 0.000000273. The quantitative estimate of drug-likeness (QED) is 0.158. The Hall–Kier alpha value is -2.18. The molecule has 2 aliphatic heterocycles. The maximum absolute atomic E-state index is 12.4. The minimum Gasteiger partial charge on any atom is -0.481 e. The van der Waals surface area contributed by atoms with E-state index in [-0.39, 0.29) is 18.7 Å². The van der Waals surface area contributed by atoms with E-state index >= 15 is 0 Å². The number of piperidine rings is 1. The van der Waals surface area contributed by atoms with Gasteiger partial charge in [-0.1, -0.05) is 81.5 Å². The first kappa shape index (κ1) is 31.0. The van der Waals surface area contributed by atoms with Gasteiger partial charge in [0.05, 0.1) is 6.61 Å². The van der Waals surface area contributed by atoms with Gasteiger partial charge >= 0.3 is 11.9 Å². The van der Waals surface area contributed by atoms with E-state index < -0.39 is 11.9 Å². The summed E-state index contributed by atoms with van der Waals surface area (Å²) in [5, 5.41) is 18.0. The Bertz CT molecular complexity index is 782. The number of allylic oxidation sites excluding steroid dienone is 2. The number of aliphatic hydroxyl groups is 1. The van der Waals surface area contributed by atoms with Crippen molar-refractivity contribution in [2.24, 2.45) is 0 Å². The minimum atomic E-state index is -0.668. The topological polar surface area (TPSA) is 87.1 Å². The van der Waals surface area contributed by atoms with Gasteiger partial charge < -0.3 is 19.8 Å². The second kappa shape index (κ2) is 18.1. The van der Waals surface area contributed by atoms with E-state index in [0.717, 1.165) is 31.2 Å². The number of ether oxygens (including phenoxy) is 1. The van der Waals surface area contributed by atoms with E-state index in [9.17, 15) is 14.7 Å². The molecule has 0 aromatic heterocycles. The van der Waals surface area contributed by atoms with Crippen LogP contribution in [0.25, 0.3) is 0 Å². The number of aliphatic carboxylic acids is 1. The number of carbonyl (C=O) groups is 2. The third-order valence-electron chi connectivity index (χ3n) is 7.66. The molecule has 2 N–H and O–H groups in total. The standard InChI is InChI=1S/C17H23NO3.C14H26O2/c1-18-13-7-8-14(18)10-15(9-13)21-17(20)16(11-19)12-5-3-2-4-6-12;1-2-3-4-5-6-7-8-9-10-11-12-13-14(15)16/h2-6,13-16,19H,7-11H2,1H3;5-6H,2-4,7-13H2,1H3,(H,15,16). The molecule has 0 aliphatic carbocycles. The third kappa shape index (κ3) is 11.8. The predicted molar refractivity (Wildman–Crippen MR) is 149 cm³/mol. The Labute approximate surface area is 224 Å². The molecule has 2 saturated heterocycles. The summed E-state index contributed by atoms with van der Waals surface area (Å²) in [6, 6.07) is 10.5. The number of aliphatic hydroxyl groups excluding tert-OH is 1. The van der Waals surface area contributed by atoms with Gasteiger partial charge in [0.25, 0.3) is 0 Å². The number of carboxylic acids is 1. The lowest BCUT2D eigenvalue weighted by Gasteiger charge is -2.36. The fourth-order valence-corrected chi connectivity index (χ4v) is 5.33.